The number of esters is 1. The molecule has 7 heteroatoms. The lowest BCUT2D eigenvalue weighted by Crippen LogP contribution is -2.32. The maximum absolute atomic E-state index is 13.0. The van der Waals surface area contributed by atoms with Gasteiger partial charge in [0.15, 0.2) is 12.4 Å². The van der Waals surface area contributed by atoms with Crippen LogP contribution in [0.2, 0.25) is 0 Å². The number of rotatable bonds is 6. The minimum Gasteiger partial charge on any atom is -0.497 e. The number of amides is 2. The number of methoxy groups -OCH3 is 1. The van der Waals surface area contributed by atoms with E-state index >= 15 is 0 Å². The number of anilines is 1. The number of Topliss-reactive ketones (excluding diaryl/α,β-unsaturated/α-hetero) is 1. The van der Waals surface area contributed by atoms with Gasteiger partial charge < -0.3 is 9.47 Å². The van der Waals surface area contributed by atoms with Gasteiger partial charge in [0, 0.05) is 5.56 Å². The topological polar surface area (TPSA) is 90.0 Å². The van der Waals surface area contributed by atoms with E-state index in [4.69, 9.17) is 9.47 Å². The van der Waals surface area contributed by atoms with Crippen LogP contribution in [-0.4, -0.2) is 37.3 Å². The van der Waals surface area contributed by atoms with Crippen LogP contribution in [0, 0.1) is 23.7 Å². The number of carbonyl (C=O) groups excluding carboxylic acids is 4. The van der Waals surface area contributed by atoms with E-state index in [2.05, 4.69) is 6.08 Å². The van der Waals surface area contributed by atoms with Crippen molar-refractivity contribution in [2.45, 2.75) is 13.3 Å². The predicted octanol–water partition coefficient (Wildman–Crippen LogP) is 3.44. The van der Waals surface area contributed by atoms with E-state index in [0.29, 0.717) is 17.0 Å². The van der Waals surface area contributed by atoms with Gasteiger partial charge in [-0.15, -0.1) is 0 Å². The molecule has 0 N–H and O–H groups in total. The molecule has 2 aromatic rings. The summed E-state index contributed by atoms with van der Waals surface area (Å²) < 4.78 is 10.2. The van der Waals surface area contributed by atoms with E-state index < -0.39 is 12.6 Å². The number of ether oxygens (including phenoxy) is 2. The first kappa shape index (κ1) is 21.1. The van der Waals surface area contributed by atoms with E-state index in [1.807, 2.05) is 6.92 Å². The molecule has 0 unspecified atom stereocenters. The van der Waals surface area contributed by atoms with Crippen molar-refractivity contribution in [3.8, 4) is 5.75 Å². The summed E-state index contributed by atoms with van der Waals surface area (Å²) in [6, 6.07) is 12.7. The second-order valence-corrected chi connectivity index (χ2v) is 8.76. The smallest absolute Gasteiger partial charge is 0.338 e. The monoisotopic (exact) mass is 445 g/mol. The molecule has 3 aliphatic rings. The van der Waals surface area contributed by atoms with Crippen molar-refractivity contribution in [2.75, 3.05) is 18.6 Å². The zero-order valence-electron chi connectivity index (χ0n) is 18.3. The van der Waals surface area contributed by atoms with E-state index in [9.17, 15) is 19.2 Å². The average Bonchev–Trinajstić information content (AvgIpc) is 3.47. The number of ketones is 1. The molecule has 33 heavy (non-hydrogen) atoms. The van der Waals surface area contributed by atoms with Gasteiger partial charge in [0.05, 0.1) is 30.2 Å². The second-order valence-electron chi connectivity index (χ2n) is 8.76. The van der Waals surface area contributed by atoms with Gasteiger partial charge in [-0.25, -0.2) is 4.79 Å². The molecule has 168 valence electrons. The standard InChI is InChI=1S/C26H23NO6/c1-14-10-17-12-20(14)23-22(17)24(29)27(25(23)30)18-8-6-15(7-9-18)26(31)33-13-21(28)16-4-3-5-19(11-16)32-2/h3-11,17,20,22-23H,12-13H2,1-2H3/t17-,20-,22-,23-/m1/s1. The van der Waals surface area contributed by atoms with E-state index in [0.717, 1.165) is 6.42 Å². The number of hydrogen-bond acceptors (Lipinski definition) is 6. The van der Waals surface area contributed by atoms with Gasteiger partial charge in [-0.3, -0.25) is 19.3 Å². The third-order valence-corrected chi connectivity index (χ3v) is 6.97. The number of carbonyl (C=O) groups is 4. The van der Waals surface area contributed by atoms with Gasteiger partial charge in [-0.1, -0.05) is 23.8 Å². The zero-order valence-corrected chi connectivity index (χ0v) is 18.3. The molecule has 7 nitrogen and oxygen atoms in total. The van der Waals surface area contributed by atoms with Crippen molar-refractivity contribution in [3.05, 3.63) is 71.3 Å². The second kappa shape index (κ2) is 7.99. The Balaban J connectivity index is 1.24. The SMILES string of the molecule is COc1cccc(C(=O)COC(=O)c2ccc(N3C(=O)[C@H]4[C@H](C3=O)[C@@H]3C[C@H]4C=C3C)cc2)c1. The summed E-state index contributed by atoms with van der Waals surface area (Å²) >= 11 is 0. The molecule has 1 saturated heterocycles. The first-order chi connectivity index (χ1) is 15.9. The predicted molar refractivity (Wildman–Crippen MR) is 119 cm³/mol. The van der Waals surface area contributed by atoms with E-state index in [1.165, 1.54) is 29.7 Å². The minimum atomic E-state index is -0.661. The lowest BCUT2D eigenvalue weighted by atomic mass is 9.82. The van der Waals surface area contributed by atoms with Gasteiger partial charge in [-0.05, 0) is 61.6 Å². The summed E-state index contributed by atoms with van der Waals surface area (Å²) in [5.41, 5.74) is 2.26. The van der Waals surface area contributed by atoms with Gasteiger partial charge in [0.25, 0.3) is 0 Å². The lowest BCUT2D eigenvalue weighted by Gasteiger charge is -2.19. The fraction of sp³-hybridized carbons (Fsp3) is 0.308. The summed E-state index contributed by atoms with van der Waals surface area (Å²) in [5, 5.41) is 0. The maximum atomic E-state index is 13.0. The maximum Gasteiger partial charge on any atom is 0.338 e. The van der Waals surface area contributed by atoms with Gasteiger partial charge in [0.1, 0.15) is 5.75 Å². The molecule has 5 rings (SSSR count). The molecule has 2 bridgehead atoms. The molecular weight excluding hydrogens is 422 g/mol. The quantitative estimate of drug-likeness (QED) is 0.293. The van der Waals surface area contributed by atoms with Crippen molar-refractivity contribution in [3.63, 3.8) is 0 Å². The Morgan fingerprint density at radius 1 is 1.00 bits per heavy atom. The Morgan fingerprint density at radius 2 is 1.73 bits per heavy atom. The summed E-state index contributed by atoms with van der Waals surface area (Å²) in [5.74, 6) is -1.07. The van der Waals surface area contributed by atoms with Crippen LogP contribution in [0.3, 0.4) is 0 Å². The Bertz CT molecular complexity index is 1200. The number of allylic oxidation sites excluding steroid dienone is 2. The lowest BCUT2D eigenvalue weighted by molar-refractivity contribution is -0.123. The normalized spacial score (nSPS) is 25.2. The molecule has 1 aliphatic heterocycles. The highest BCUT2D eigenvalue weighted by Gasteiger charge is 2.60. The molecule has 4 atom stereocenters. The van der Waals surface area contributed by atoms with Crippen molar-refractivity contribution in [2.24, 2.45) is 23.7 Å². The molecule has 0 aromatic heterocycles. The van der Waals surface area contributed by atoms with Gasteiger partial charge >= 0.3 is 5.97 Å². The number of nitrogens with zero attached hydrogens (tertiary/aromatic N) is 1. The van der Waals surface area contributed by atoms with Crippen LogP contribution in [0.25, 0.3) is 0 Å². The summed E-state index contributed by atoms with van der Waals surface area (Å²) in [6.07, 6.45) is 3.01. The number of benzene rings is 2. The van der Waals surface area contributed by atoms with Crippen LogP contribution in [0.15, 0.2) is 60.2 Å². The molecule has 2 aromatic carbocycles. The van der Waals surface area contributed by atoms with E-state index in [-0.39, 0.29) is 46.8 Å². The van der Waals surface area contributed by atoms with Crippen LogP contribution < -0.4 is 9.64 Å². The Labute approximate surface area is 191 Å². The van der Waals surface area contributed by atoms with Crippen LogP contribution >= 0.6 is 0 Å². The van der Waals surface area contributed by atoms with Crippen LogP contribution in [0.4, 0.5) is 5.69 Å². The molecule has 2 fully saturated rings. The van der Waals surface area contributed by atoms with Crippen LogP contribution in [0.5, 0.6) is 5.75 Å². The van der Waals surface area contributed by atoms with Crippen molar-refractivity contribution < 1.29 is 28.7 Å². The van der Waals surface area contributed by atoms with Crippen LogP contribution in [-0.2, 0) is 14.3 Å². The highest BCUT2D eigenvalue weighted by atomic mass is 16.5. The average molecular weight is 445 g/mol. The number of hydrogen-bond donors (Lipinski definition) is 0. The van der Waals surface area contributed by atoms with Gasteiger partial charge in [-0.2, -0.15) is 0 Å². The summed E-state index contributed by atoms with van der Waals surface area (Å²) in [7, 11) is 1.51. The molecule has 2 amide bonds. The Kier molecular flexibility index (Phi) is 5.12. The van der Waals surface area contributed by atoms with E-state index in [1.54, 1.807) is 36.4 Å². The molecule has 1 heterocycles. The van der Waals surface area contributed by atoms with Crippen molar-refractivity contribution in [1.29, 1.82) is 0 Å². The molecule has 0 radical (unpaired) electrons. The Hall–Kier alpha value is -3.74. The summed E-state index contributed by atoms with van der Waals surface area (Å²) in [6.45, 7) is 1.62. The molecule has 1 saturated carbocycles. The fourth-order valence-corrected chi connectivity index (χ4v) is 5.37. The third kappa shape index (κ3) is 3.44. The zero-order chi connectivity index (χ0) is 23.3. The van der Waals surface area contributed by atoms with Crippen molar-refractivity contribution in [1.82, 2.24) is 0 Å². The number of fused-ring (bicyclic) bond motifs is 5. The first-order valence-electron chi connectivity index (χ1n) is 10.9. The summed E-state index contributed by atoms with van der Waals surface area (Å²) in [4.78, 5) is 52.0. The number of imide groups is 1. The highest BCUT2D eigenvalue weighted by molar-refractivity contribution is 6.23. The third-order valence-electron chi connectivity index (χ3n) is 6.97. The van der Waals surface area contributed by atoms with Crippen molar-refractivity contribution >= 4 is 29.3 Å². The first-order valence-corrected chi connectivity index (χ1v) is 10.9. The minimum absolute atomic E-state index is 0.137. The largest absolute Gasteiger partial charge is 0.497 e. The Morgan fingerprint density at radius 3 is 2.45 bits per heavy atom. The van der Waals surface area contributed by atoms with Crippen LogP contribution in [0.1, 0.15) is 34.1 Å². The molecule has 0 spiro atoms. The van der Waals surface area contributed by atoms with Gasteiger partial charge in [0.2, 0.25) is 11.8 Å². The molecular formula is C26H23NO6. The fourth-order valence-electron chi connectivity index (χ4n) is 5.37. The highest BCUT2D eigenvalue weighted by Crippen LogP contribution is 2.55. The molecule has 2 aliphatic carbocycles.